The van der Waals surface area contributed by atoms with Crippen LogP contribution < -0.4 is 4.72 Å². The summed E-state index contributed by atoms with van der Waals surface area (Å²) in [6.07, 6.45) is 6.86. The molecule has 0 atom stereocenters. The zero-order chi connectivity index (χ0) is 15.9. The summed E-state index contributed by atoms with van der Waals surface area (Å²) in [5.74, 6) is 0.849. The van der Waals surface area contributed by atoms with Gasteiger partial charge in [-0.1, -0.05) is 0 Å². The first-order chi connectivity index (χ1) is 9.92. The minimum Gasteiger partial charge on any atom is -0.465 e. The molecule has 0 aliphatic heterocycles. The number of carbonyl (C=O) groups excluding carboxylic acids is 1. The molecule has 0 aliphatic carbocycles. The number of ether oxygens (including phenoxy) is 1. The van der Waals surface area contributed by atoms with Crippen molar-refractivity contribution in [2.24, 2.45) is 0 Å². The maximum atomic E-state index is 13.3. The smallest absolute Gasteiger partial charge is 0.339 e. The minimum atomic E-state index is -4.00. The lowest BCUT2D eigenvalue weighted by Crippen LogP contribution is -2.27. The Bertz CT molecular complexity index is 649. The number of nitrogens with one attached hydrogen (secondary N) is 1. The van der Waals surface area contributed by atoms with E-state index in [0.29, 0.717) is 19.3 Å². The molecule has 0 saturated heterocycles. The summed E-state index contributed by atoms with van der Waals surface area (Å²) in [6, 6.07) is 2.86. The molecule has 0 aliphatic rings. The summed E-state index contributed by atoms with van der Waals surface area (Å²) < 4.78 is 44.3. The Balaban J connectivity index is 2.94. The molecule has 7 heteroatoms. The average Bonchev–Trinajstić information content (AvgIpc) is 2.46. The van der Waals surface area contributed by atoms with E-state index in [9.17, 15) is 17.6 Å². The van der Waals surface area contributed by atoms with Gasteiger partial charge in [-0.15, -0.1) is 12.3 Å². The molecule has 21 heavy (non-hydrogen) atoms. The number of benzene rings is 1. The van der Waals surface area contributed by atoms with Gasteiger partial charge in [0.2, 0.25) is 10.0 Å². The SMILES string of the molecule is C#CCCCCNS(=O)(=O)c1cc(F)ccc1C(=O)OC. The fraction of sp³-hybridized carbons (Fsp3) is 0.357. The third-order valence-electron chi connectivity index (χ3n) is 2.68. The van der Waals surface area contributed by atoms with Crippen molar-refractivity contribution in [1.29, 1.82) is 0 Å². The van der Waals surface area contributed by atoms with Gasteiger partial charge in [-0.3, -0.25) is 0 Å². The lowest BCUT2D eigenvalue weighted by Gasteiger charge is -2.10. The van der Waals surface area contributed by atoms with E-state index in [1.807, 2.05) is 0 Å². The molecule has 1 aromatic carbocycles. The second kappa shape index (κ2) is 7.76. The number of hydrogen-bond acceptors (Lipinski definition) is 4. The van der Waals surface area contributed by atoms with Crippen molar-refractivity contribution in [3.05, 3.63) is 29.6 Å². The fourth-order valence-electron chi connectivity index (χ4n) is 1.63. The molecule has 0 fully saturated rings. The molecule has 1 N–H and O–H groups in total. The highest BCUT2D eigenvalue weighted by molar-refractivity contribution is 7.89. The molecule has 0 aromatic heterocycles. The predicted molar refractivity (Wildman–Crippen MR) is 75.6 cm³/mol. The van der Waals surface area contributed by atoms with Gasteiger partial charge in [-0.25, -0.2) is 22.3 Å². The van der Waals surface area contributed by atoms with Crippen LogP contribution in [0.15, 0.2) is 23.1 Å². The summed E-state index contributed by atoms with van der Waals surface area (Å²) in [6.45, 7) is 0.154. The van der Waals surface area contributed by atoms with Gasteiger partial charge in [0, 0.05) is 13.0 Å². The number of esters is 1. The third-order valence-corrected chi connectivity index (χ3v) is 4.18. The molecule has 0 bridgehead atoms. The largest absolute Gasteiger partial charge is 0.465 e. The van der Waals surface area contributed by atoms with Crippen LogP contribution in [-0.2, 0) is 14.8 Å². The van der Waals surface area contributed by atoms with E-state index in [1.54, 1.807) is 0 Å². The van der Waals surface area contributed by atoms with E-state index < -0.39 is 26.7 Å². The molecule has 0 spiro atoms. The van der Waals surface area contributed by atoms with Crippen LogP contribution in [0.1, 0.15) is 29.6 Å². The standard InChI is InChI=1S/C14H16FNO4S/c1-3-4-5-6-9-16-21(18,19)13-10-11(15)7-8-12(13)14(17)20-2/h1,7-8,10,16H,4-6,9H2,2H3. The maximum Gasteiger partial charge on any atom is 0.339 e. The van der Waals surface area contributed by atoms with Crippen LogP contribution in [0.3, 0.4) is 0 Å². The number of hydrogen-bond donors (Lipinski definition) is 1. The van der Waals surface area contributed by atoms with Crippen LogP contribution in [0, 0.1) is 18.2 Å². The number of rotatable bonds is 7. The van der Waals surface area contributed by atoms with Gasteiger partial charge in [0.1, 0.15) is 5.82 Å². The Labute approximate surface area is 123 Å². The number of sulfonamides is 1. The van der Waals surface area contributed by atoms with Crippen molar-refractivity contribution < 1.29 is 22.3 Å². The first-order valence-electron chi connectivity index (χ1n) is 6.23. The van der Waals surface area contributed by atoms with Crippen molar-refractivity contribution >= 4 is 16.0 Å². The van der Waals surface area contributed by atoms with Crippen LogP contribution in [0.5, 0.6) is 0 Å². The third kappa shape index (κ3) is 4.85. The van der Waals surface area contributed by atoms with Crippen LogP contribution in [0.2, 0.25) is 0 Å². The molecule has 0 heterocycles. The lowest BCUT2D eigenvalue weighted by atomic mass is 10.2. The highest BCUT2D eigenvalue weighted by Crippen LogP contribution is 2.18. The first kappa shape index (κ1) is 17.1. The Morgan fingerprint density at radius 1 is 1.43 bits per heavy atom. The van der Waals surface area contributed by atoms with E-state index in [0.717, 1.165) is 25.3 Å². The summed E-state index contributed by atoms with van der Waals surface area (Å²) in [5, 5.41) is 0. The summed E-state index contributed by atoms with van der Waals surface area (Å²) in [4.78, 5) is 11.1. The van der Waals surface area contributed by atoms with E-state index >= 15 is 0 Å². The molecular formula is C14H16FNO4S. The van der Waals surface area contributed by atoms with E-state index in [1.165, 1.54) is 0 Å². The first-order valence-corrected chi connectivity index (χ1v) is 7.71. The van der Waals surface area contributed by atoms with Gasteiger partial charge < -0.3 is 4.74 Å². The second-order valence-corrected chi connectivity index (χ2v) is 5.93. The van der Waals surface area contributed by atoms with Gasteiger partial charge in [-0.05, 0) is 31.0 Å². The van der Waals surface area contributed by atoms with Gasteiger partial charge in [-0.2, -0.15) is 0 Å². The normalized spacial score (nSPS) is 10.9. The Morgan fingerprint density at radius 3 is 2.76 bits per heavy atom. The predicted octanol–water partition coefficient (Wildman–Crippen LogP) is 1.69. The molecule has 0 amide bonds. The van der Waals surface area contributed by atoms with Crippen molar-refractivity contribution in [3.63, 3.8) is 0 Å². The highest BCUT2D eigenvalue weighted by atomic mass is 32.2. The van der Waals surface area contributed by atoms with E-state index in [4.69, 9.17) is 6.42 Å². The maximum absolute atomic E-state index is 13.3. The quantitative estimate of drug-likeness (QED) is 0.472. The van der Waals surface area contributed by atoms with Crippen LogP contribution in [0.25, 0.3) is 0 Å². The molecule has 1 aromatic rings. The van der Waals surface area contributed by atoms with Crippen molar-refractivity contribution in [2.75, 3.05) is 13.7 Å². The molecule has 0 saturated carbocycles. The number of unbranched alkanes of at least 4 members (excludes halogenated alkanes) is 2. The highest BCUT2D eigenvalue weighted by Gasteiger charge is 2.23. The molecular weight excluding hydrogens is 297 g/mol. The van der Waals surface area contributed by atoms with Crippen molar-refractivity contribution in [2.45, 2.75) is 24.2 Å². The average molecular weight is 313 g/mol. The minimum absolute atomic E-state index is 0.154. The number of methoxy groups -OCH3 is 1. The summed E-state index contributed by atoms with van der Waals surface area (Å²) >= 11 is 0. The summed E-state index contributed by atoms with van der Waals surface area (Å²) in [7, 11) is -2.88. The van der Waals surface area contributed by atoms with Gasteiger partial charge in [0.25, 0.3) is 0 Å². The molecule has 114 valence electrons. The molecule has 0 unspecified atom stereocenters. The summed E-state index contributed by atoms with van der Waals surface area (Å²) in [5.41, 5.74) is -0.213. The topological polar surface area (TPSA) is 72.5 Å². The molecule has 0 radical (unpaired) electrons. The Kier molecular flexibility index (Phi) is 6.34. The van der Waals surface area contributed by atoms with Gasteiger partial charge in [0.15, 0.2) is 0 Å². The van der Waals surface area contributed by atoms with Crippen molar-refractivity contribution in [3.8, 4) is 12.3 Å². The van der Waals surface area contributed by atoms with Gasteiger partial charge >= 0.3 is 5.97 Å². The van der Waals surface area contributed by atoms with Crippen LogP contribution >= 0.6 is 0 Å². The molecule has 5 nitrogen and oxygen atoms in total. The van der Waals surface area contributed by atoms with Crippen LogP contribution in [-0.4, -0.2) is 28.0 Å². The number of carbonyl (C=O) groups is 1. The zero-order valence-electron chi connectivity index (χ0n) is 11.6. The van der Waals surface area contributed by atoms with E-state index in [-0.39, 0.29) is 12.1 Å². The number of terminal acetylenes is 1. The second-order valence-electron chi connectivity index (χ2n) is 4.19. The van der Waals surface area contributed by atoms with Crippen LogP contribution in [0.4, 0.5) is 4.39 Å². The van der Waals surface area contributed by atoms with Crippen molar-refractivity contribution in [1.82, 2.24) is 4.72 Å². The molecule has 1 rings (SSSR count). The lowest BCUT2D eigenvalue weighted by molar-refractivity contribution is 0.0596. The Morgan fingerprint density at radius 2 is 2.14 bits per heavy atom. The zero-order valence-corrected chi connectivity index (χ0v) is 12.4. The fourth-order valence-corrected chi connectivity index (χ4v) is 2.91. The number of halogens is 1. The van der Waals surface area contributed by atoms with Gasteiger partial charge in [0.05, 0.1) is 17.6 Å². The monoisotopic (exact) mass is 313 g/mol. The Hall–Kier alpha value is -1.91. The van der Waals surface area contributed by atoms with E-state index in [2.05, 4.69) is 15.4 Å².